The first-order valence-corrected chi connectivity index (χ1v) is 8.44. The van der Waals surface area contributed by atoms with E-state index in [0.29, 0.717) is 18.7 Å². The van der Waals surface area contributed by atoms with Gasteiger partial charge in [-0.1, -0.05) is 42.5 Å². The molecule has 0 saturated heterocycles. The van der Waals surface area contributed by atoms with Gasteiger partial charge in [0.1, 0.15) is 12.7 Å². The zero-order valence-corrected chi connectivity index (χ0v) is 14.0. The summed E-state index contributed by atoms with van der Waals surface area (Å²) in [6, 6.07) is 14.5. The summed E-state index contributed by atoms with van der Waals surface area (Å²) >= 11 is 0. The third-order valence-corrected chi connectivity index (χ3v) is 4.56. The van der Waals surface area contributed by atoms with Gasteiger partial charge in [-0.15, -0.1) is 0 Å². The lowest BCUT2D eigenvalue weighted by molar-refractivity contribution is 0.144. The van der Waals surface area contributed by atoms with Crippen LogP contribution in [0.5, 0.6) is 0 Å². The fourth-order valence-corrected chi connectivity index (χ4v) is 3.32. The third-order valence-electron chi connectivity index (χ3n) is 4.56. The lowest BCUT2D eigenvalue weighted by Crippen LogP contribution is -2.37. The van der Waals surface area contributed by atoms with Gasteiger partial charge in [-0.25, -0.2) is 14.5 Å². The highest BCUT2D eigenvalue weighted by atomic mass is 16.3. The molecule has 1 aliphatic rings. The van der Waals surface area contributed by atoms with Gasteiger partial charge in [0, 0.05) is 12.1 Å². The number of aromatic nitrogens is 3. The van der Waals surface area contributed by atoms with Crippen LogP contribution >= 0.6 is 0 Å². The molecule has 0 radical (unpaired) electrons. The minimum Gasteiger partial charge on any atom is -0.390 e. The first-order valence-electron chi connectivity index (χ1n) is 8.44. The van der Waals surface area contributed by atoms with E-state index in [1.165, 1.54) is 6.33 Å². The van der Waals surface area contributed by atoms with Crippen molar-refractivity contribution in [2.45, 2.75) is 25.1 Å². The van der Waals surface area contributed by atoms with Crippen molar-refractivity contribution in [1.82, 2.24) is 20.1 Å². The largest absolute Gasteiger partial charge is 0.390 e. The third kappa shape index (κ3) is 3.29. The van der Waals surface area contributed by atoms with Crippen LogP contribution in [0.2, 0.25) is 0 Å². The number of fused-ring (bicyclic) bond motifs is 1. The van der Waals surface area contributed by atoms with Crippen molar-refractivity contribution in [1.29, 1.82) is 0 Å². The molecule has 0 saturated carbocycles. The van der Waals surface area contributed by atoms with Gasteiger partial charge in [-0.2, -0.15) is 5.10 Å². The van der Waals surface area contributed by atoms with Gasteiger partial charge in [-0.05, 0) is 22.8 Å². The predicted octanol–water partition coefficient (Wildman–Crippen LogP) is 2.11. The summed E-state index contributed by atoms with van der Waals surface area (Å²) in [5.41, 5.74) is 3.64. The van der Waals surface area contributed by atoms with Crippen molar-refractivity contribution in [3.63, 3.8) is 0 Å². The smallest absolute Gasteiger partial charge is 0.319 e. The number of anilines is 1. The molecule has 0 bridgehead atoms. The number of para-hydroxylation sites is 1. The van der Waals surface area contributed by atoms with Crippen LogP contribution in [0.4, 0.5) is 10.5 Å². The van der Waals surface area contributed by atoms with Crippen molar-refractivity contribution < 1.29 is 9.90 Å². The molecule has 0 aliphatic heterocycles. The number of aliphatic hydroxyl groups excluding tert-OH is 1. The molecule has 7 nitrogen and oxygen atoms in total. The average molecular weight is 349 g/mol. The summed E-state index contributed by atoms with van der Waals surface area (Å²) < 4.78 is 1.69. The summed E-state index contributed by atoms with van der Waals surface area (Å²) in [4.78, 5) is 16.4. The molecule has 1 aromatic heterocycles. The lowest BCUT2D eigenvalue weighted by Gasteiger charge is -2.19. The highest BCUT2D eigenvalue weighted by Crippen LogP contribution is 2.31. The molecule has 0 unspecified atom stereocenters. The second-order valence-electron chi connectivity index (χ2n) is 6.30. The molecule has 3 N–H and O–H groups in total. The molecule has 26 heavy (non-hydrogen) atoms. The molecule has 3 aromatic rings. The quantitative estimate of drug-likeness (QED) is 0.673. The van der Waals surface area contributed by atoms with E-state index >= 15 is 0 Å². The summed E-state index contributed by atoms with van der Waals surface area (Å²) in [7, 11) is 0. The summed E-state index contributed by atoms with van der Waals surface area (Å²) in [6.07, 6.45) is 3.03. The van der Waals surface area contributed by atoms with E-state index in [0.717, 1.165) is 16.7 Å². The second kappa shape index (κ2) is 6.97. The summed E-state index contributed by atoms with van der Waals surface area (Å²) in [6.45, 7) is 0.505. The molecular weight excluding hydrogens is 330 g/mol. The molecule has 0 fully saturated rings. The van der Waals surface area contributed by atoms with Crippen LogP contribution in [-0.4, -0.2) is 32.0 Å². The Morgan fingerprint density at radius 1 is 1.19 bits per heavy atom. The molecule has 1 aliphatic carbocycles. The SMILES string of the molecule is O=C(Nc1ccccc1Cn1cncn1)N[C@@H]1c2ccccc2C[C@@H]1O. The fourth-order valence-electron chi connectivity index (χ4n) is 3.32. The number of carbonyl (C=O) groups is 1. The first kappa shape index (κ1) is 16.3. The minimum atomic E-state index is -0.622. The molecule has 2 atom stereocenters. The van der Waals surface area contributed by atoms with E-state index in [2.05, 4.69) is 20.7 Å². The molecule has 132 valence electrons. The lowest BCUT2D eigenvalue weighted by atomic mass is 10.1. The maximum atomic E-state index is 12.5. The van der Waals surface area contributed by atoms with Gasteiger partial charge in [0.15, 0.2) is 0 Å². The molecule has 4 rings (SSSR count). The van der Waals surface area contributed by atoms with Crippen molar-refractivity contribution >= 4 is 11.7 Å². The van der Waals surface area contributed by atoms with Gasteiger partial charge in [0.2, 0.25) is 0 Å². The van der Waals surface area contributed by atoms with E-state index < -0.39 is 12.1 Å². The minimum absolute atomic E-state index is 0.350. The van der Waals surface area contributed by atoms with E-state index in [-0.39, 0.29) is 6.03 Å². The predicted molar refractivity (Wildman–Crippen MR) is 96.6 cm³/mol. The Morgan fingerprint density at radius 3 is 2.85 bits per heavy atom. The highest BCUT2D eigenvalue weighted by Gasteiger charge is 2.31. The number of hydrogen-bond donors (Lipinski definition) is 3. The number of aliphatic hydroxyl groups is 1. The van der Waals surface area contributed by atoms with Gasteiger partial charge in [0.05, 0.1) is 18.7 Å². The second-order valence-corrected chi connectivity index (χ2v) is 6.30. The maximum absolute atomic E-state index is 12.5. The Kier molecular flexibility index (Phi) is 4.37. The number of amides is 2. The topological polar surface area (TPSA) is 92.1 Å². The van der Waals surface area contributed by atoms with Crippen LogP contribution in [0.15, 0.2) is 61.2 Å². The Labute approximate surface area is 150 Å². The van der Waals surface area contributed by atoms with Crippen LogP contribution in [0, 0.1) is 0 Å². The number of benzene rings is 2. The number of carbonyl (C=O) groups excluding carboxylic acids is 1. The van der Waals surface area contributed by atoms with E-state index in [4.69, 9.17) is 0 Å². The van der Waals surface area contributed by atoms with Crippen molar-refractivity contribution in [3.05, 3.63) is 77.9 Å². The van der Waals surface area contributed by atoms with Gasteiger partial charge < -0.3 is 15.7 Å². The highest BCUT2D eigenvalue weighted by molar-refractivity contribution is 5.90. The normalized spacial score (nSPS) is 18.3. The zero-order chi connectivity index (χ0) is 17.9. The van der Waals surface area contributed by atoms with Gasteiger partial charge in [0.25, 0.3) is 0 Å². The van der Waals surface area contributed by atoms with Gasteiger partial charge in [-0.3, -0.25) is 0 Å². The Bertz CT molecular complexity index is 910. The fraction of sp³-hybridized carbons (Fsp3) is 0.211. The number of nitrogens with zero attached hydrogens (tertiary/aromatic N) is 3. The first-order chi connectivity index (χ1) is 12.7. The van der Waals surface area contributed by atoms with E-state index in [9.17, 15) is 9.90 Å². The van der Waals surface area contributed by atoms with Crippen LogP contribution in [0.3, 0.4) is 0 Å². The molecule has 2 aromatic carbocycles. The zero-order valence-electron chi connectivity index (χ0n) is 14.0. The number of hydrogen-bond acceptors (Lipinski definition) is 4. The van der Waals surface area contributed by atoms with Crippen LogP contribution in [0.1, 0.15) is 22.7 Å². The van der Waals surface area contributed by atoms with Gasteiger partial charge >= 0.3 is 6.03 Å². The van der Waals surface area contributed by atoms with Crippen molar-refractivity contribution in [3.8, 4) is 0 Å². The van der Waals surface area contributed by atoms with Crippen LogP contribution < -0.4 is 10.6 Å². The van der Waals surface area contributed by atoms with Crippen molar-refractivity contribution in [2.24, 2.45) is 0 Å². The average Bonchev–Trinajstić information content (AvgIpc) is 3.25. The Hall–Kier alpha value is -3.19. The molecule has 1 heterocycles. The molecule has 7 heteroatoms. The van der Waals surface area contributed by atoms with E-state index in [1.807, 2.05) is 48.5 Å². The monoisotopic (exact) mass is 349 g/mol. The Balaban J connectivity index is 1.47. The number of nitrogens with one attached hydrogen (secondary N) is 2. The Morgan fingerprint density at radius 2 is 2.00 bits per heavy atom. The van der Waals surface area contributed by atoms with E-state index in [1.54, 1.807) is 11.0 Å². The van der Waals surface area contributed by atoms with Crippen LogP contribution in [-0.2, 0) is 13.0 Å². The summed E-state index contributed by atoms with van der Waals surface area (Å²) in [5.74, 6) is 0. The number of urea groups is 1. The van der Waals surface area contributed by atoms with Crippen LogP contribution in [0.25, 0.3) is 0 Å². The standard InChI is InChI=1S/C19H19N5O2/c25-17-9-13-5-1-3-7-15(13)18(17)23-19(26)22-16-8-4-2-6-14(16)10-24-12-20-11-21-24/h1-8,11-12,17-18,25H,9-10H2,(H2,22,23,26)/t17-,18+/m0/s1. The number of rotatable bonds is 4. The maximum Gasteiger partial charge on any atom is 0.319 e. The molecule has 0 spiro atoms. The molecular formula is C19H19N5O2. The summed E-state index contributed by atoms with van der Waals surface area (Å²) in [5, 5.41) is 20.1. The van der Waals surface area contributed by atoms with Crippen molar-refractivity contribution in [2.75, 3.05) is 5.32 Å². The molecule has 2 amide bonds.